The number of hydrogen-bond acceptors (Lipinski definition) is 3. The molecule has 2 aromatic rings. The average Bonchev–Trinajstić information content (AvgIpc) is 2.82. The zero-order chi connectivity index (χ0) is 22.7. The molecule has 168 valence electrons. The Balaban J connectivity index is 1.46. The molecule has 0 radical (unpaired) electrons. The highest BCUT2D eigenvalue weighted by Gasteiger charge is 2.38. The summed E-state index contributed by atoms with van der Waals surface area (Å²) in [6.07, 6.45) is 0.979. The molecule has 6 nitrogen and oxygen atoms in total. The first-order valence-corrected chi connectivity index (χ1v) is 11.4. The molecular weight excluding hydrogens is 402 g/mol. The van der Waals surface area contributed by atoms with Crippen molar-refractivity contribution in [3.05, 3.63) is 71.3 Å². The van der Waals surface area contributed by atoms with E-state index in [1.165, 1.54) is 0 Å². The van der Waals surface area contributed by atoms with Crippen LogP contribution in [0.5, 0.6) is 0 Å². The fraction of sp³-hybridized carbons (Fsp3) is 0.423. The van der Waals surface area contributed by atoms with Gasteiger partial charge in [0.25, 0.3) is 5.91 Å². The molecule has 0 aliphatic carbocycles. The van der Waals surface area contributed by atoms with Crippen LogP contribution in [0.25, 0.3) is 0 Å². The quantitative estimate of drug-likeness (QED) is 0.745. The summed E-state index contributed by atoms with van der Waals surface area (Å²) in [5.74, 6) is 0.259. The molecule has 1 atom stereocenters. The van der Waals surface area contributed by atoms with Gasteiger partial charge in [-0.3, -0.25) is 14.4 Å². The fourth-order valence-electron chi connectivity index (χ4n) is 4.58. The van der Waals surface area contributed by atoms with Gasteiger partial charge in [0.1, 0.15) is 6.04 Å². The SMILES string of the molecule is CC(C)CC(=O)N1Cc2ccccc2CC1C(=O)N1CCN(C(=O)c2ccccc2)CC1. The smallest absolute Gasteiger partial charge is 0.253 e. The lowest BCUT2D eigenvalue weighted by Crippen LogP contribution is -2.58. The predicted octanol–water partition coefficient (Wildman–Crippen LogP) is 2.97. The highest BCUT2D eigenvalue weighted by molar-refractivity contribution is 5.94. The first-order chi connectivity index (χ1) is 15.4. The van der Waals surface area contributed by atoms with Crippen molar-refractivity contribution >= 4 is 17.7 Å². The zero-order valence-corrected chi connectivity index (χ0v) is 18.9. The van der Waals surface area contributed by atoms with Crippen molar-refractivity contribution in [3.63, 3.8) is 0 Å². The number of hydrogen-bond donors (Lipinski definition) is 0. The number of benzene rings is 2. The maximum atomic E-state index is 13.5. The predicted molar refractivity (Wildman–Crippen MR) is 123 cm³/mol. The normalized spacial score (nSPS) is 18.5. The molecule has 1 saturated heterocycles. The lowest BCUT2D eigenvalue weighted by atomic mass is 9.92. The third-order valence-corrected chi connectivity index (χ3v) is 6.34. The fourth-order valence-corrected chi connectivity index (χ4v) is 4.58. The van der Waals surface area contributed by atoms with E-state index in [1.54, 1.807) is 9.80 Å². The molecule has 2 aliphatic heterocycles. The third kappa shape index (κ3) is 4.69. The highest BCUT2D eigenvalue weighted by atomic mass is 16.2. The molecule has 3 amide bonds. The van der Waals surface area contributed by atoms with Crippen LogP contribution < -0.4 is 0 Å². The number of carbonyl (C=O) groups excluding carboxylic acids is 3. The summed E-state index contributed by atoms with van der Waals surface area (Å²) in [5.41, 5.74) is 2.92. The Hall–Kier alpha value is -3.15. The van der Waals surface area contributed by atoms with E-state index in [-0.39, 0.29) is 23.6 Å². The van der Waals surface area contributed by atoms with Gasteiger partial charge in [-0.2, -0.15) is 0 Å². The van der Waals surface area contributed by atoms with E-state index in [4.69, 9.17) is 0 Å². The molecule has 0 spiro atoms. The second-order valence-electron chi connectivity index (χ2n) is 9.09. The molecule has 0 bridgehead atoms. The largest absolute Gasteiger partial charge is 0.337 e. The number of carbonyl (C=O) groups is 3. The van der Waals surface area contributed by atoms with Gasteiger partial charge in [0, 0.05) is 51.1 Å². The van der Waals surface area contributed by atoms with Crippen LogP contribution in [0, 0.1) is 5.92 Å². The lowest BCUT2D eigenvalue weighted by molar-refractivity contribution is -0.148. The highest BCUT2D eigenvalue weighted by Crippen LogP contribution is 2.26. The number of fused-ring (bicyclic) bond motifs is 1. The van der Waals surface area contributed by atoms with Crippen LogP contribution in [0.15, 0.2) is 54.6 Å². The molecule has 2 heterocycles. The maximum Gasteiger partial charge on any atom is 0.253 e. The van der Waals surface area contributed by atoms with Gasteiger partial charge in [-0.05, 0) is 29.2 Å². The van der Waals surface area contributed by atoms with Gasteiger partial charge in [0.05, 0.1) is 0 Å². The van der Waals surface area contributed by atoms with Crippen molar-refractivity contribution in [2.24, 2.45) is 5.92 Å². The first-order valence-electron chi connectivity index (χ1n) is 11.4. The molecule has 1 unspecified atom stereocenters. The zero-order valence-electron chi connectivity index (χ0n) is 18.9. The second-order valence-corrected chi connectivity index (χ2v) is 9.09. The average molecular weight is 434 g/mol. The summed E-state index contributed by atoms with van der Waals surface area (Å²) in [4.78, 5) is 44.7. The molecule has 0 N–H and O–H groups in total. The van der Waals surface area contributed by atoms with Crippen molar-refractivity contribution < 1.29 is 14.4 Å². The van der Waals surface area contributed by atoms with Crippen LogP contribution >= 0.6 is 0 Å². The number of amides is 3. The van der Waals surface area contributed by atoms with Crippen molar-refractivity contribution in [2.45, 2.75) is 39.3 Å². The molecule has 1 fully saturated rings. The van der Waals surface area contributed by atoms with Crippen molar-refractivity contribution in [3.8, 4) is 0 Å². The van der Waals surface area contributed by atoms with Gasteiger partial charge >= 0.3 is 0 Å². The molecule has 32 heavy (non-hydrogen) atoms. The van der Waals surface area contributed by atoms with E-state index in [0.29, 0.717) is 51.1 Å². The lowest BCUT2D eigenvalue weighted by Gasteiger charge is -2.41. The standard InChI is InChI=1S/C26H31N3O3/c1-19(2)16-24(30)29-18-22-11-7-6-10-21(22)17-23(29)26(32)28-14-12-27(13-15-28)25(31)20-8-4-3-5-9-20/h3-11,19,23H,12-18H2,1-2H3. The van der Waals surface area contributed by atoms with E-state index >= 15 is 0 Å². The molecule has 4 rings (SSSR count). The van der Waals surface area contributed by atoms with E-state index in [2.05, 4.69) is 6.07 Å². The van der Waals surface area contributed by atoms with Gasteiger partial charge in [0.15, 0.2) is 0 Å². The van der Waals surface area contributed by atoms with Crippen LogP contribution in [-0.4, -0.2) is 64.6 Å². The molecular formula is C26H31N3O3. The van der Waals surface area contributed by atoms with Crippen LogP contribution in [0.1, 0.15) is 41.8 Å². The van der Waals surface area contributed by atoms with E-state index in [1.807, 2.05) is 67.3 Å². The Morgan fingerprint density at radius 3 is 2.09 bits per heavy atom. The number of piperazine rings is 1. The first kappa shape index (κ1) is 22.1. The van der Waals surface area contributed by atoms with Crippen LogP contribution in [0.2, 0.25) is 0 Å². The van der Waals surface area contributed by atoms with Gasteiger partial charge in [-0.1, -0.05) is 56.3 Å². The Kier molecular flexibility index (Phi) is 6.58. The summed E-state index contributed by atoms with van der Waals surface area (Å²) in [7, 11) is 0. The molecule has 2 aromatic carbocycles. The minimum Gasteiger partial charge on any atom is -0.337 e. The van der Waals surface area contributed by atoms with Crippen LogP contribution in [-0.2, 0) is 22.6 Å². The van der Waals surface area contributed by atoms with Crippen molar-refractivity contribution in [1.29, 1.82) is 0 Å². The number of rotatable bonds is 4. The second kappa shape index (κ2) is 9.55. The van der Waals surface area contributed by atoms with Crippen LogP contribution in [0.4, 0.5) is 0 Å². The summed E-state index contributed by atoms with van der Waals surface area (Å²) in [5, 5.41) is 0. The summed E-state index contributed by atoms with van der Waals surface area (Å²) < 4.78 is 0. The van der Waals surface area contributed by atoms with E-state index in [9.17, 15) is 14.4 Å². The Morgan fingerprint density at radius 1 is 0.844 bits per heavy atom. The molecule has 6 heteroatoms. The third-order valence-electron chi connectivity index (χ3n) is 6.34. The number of nitrogens with zero attached hydrogens (tertiary/aromatic N) is 3. The summed E-state index contributed by atoms with van der Waals surface area (Å²) in [6, 6.07) is 16.8. The van der Waals surface area contributed by atoms with Gasteiger partial charge in [-0.25, -0.2) is 0 Å². The minimum atomic E-state index is -0.479. The maximum absolute atomic E-state index is 13.5. The Bertz CT molecular complexity index is 981. The monoisotopic (exact) mass is 433 g/mol. The topological polar surface area (TPSA) is 60.9 Å². The molecule has 2 aliphatic rings. The summed E-state index contributed by atoms with van der Waals surface area (Å²) >= 11 is 0. The molecule has 0 aromatic heterocycles. The van der Waals surface area contributed by atoms with Gasteiger partial charge in [-0.15, -0.1) is 0 Å². The van der Waals surface area contributed by atoms with Crippen molar-refractivity contribution in [1.82, 2.24) is 14.7 Å². The van der Waals surface area contributed by atoms with E-state index < -0.39 is 6.04 Å². The van der Waals surface area contributed by atoms with Gasteiger partial charge in [0.2, 0.25) is 11.8 Å². The molecule has 0 saturated carbocycles. The Labute approximate surface area is 189 Å². The van der Waals surface area contributed by atoms with Crippen LogP contribution in [0.3, 0.4) is 0 Å². The Morgan fingerprint density at radius 2 is 1.44 bits per heavy atom. The van der Waals surface area contributed by atoms with Gasteiger partial charge < -0.3 is 14.7 Å². The van der Waals surface area contributed by atoms with E-state index in [0.717, 1.165) is 11.1 Å². The van der Waals surface area contributed by atoms with Crippen molar-refractivity contribution in [2.75, 3.05) is 26.2 Å². The minimum absolute atomic E-state index is 0.00182. The summed E-state index contributed by atoms with van der Waals surface area (Å²) in [6.45, 7) is 6.50.